The Morgan fingerprint density at radius 2 is 1.72 bits per heavy atom. The molecule has 0 radical (unpaired) electrons. The number of nitrogens with two attached hydrogens (primary N) is 1. The molecule has 0 spiro atoms. The van der Waals surface area contributed by atoms with Gasteiger partial charge in [-0.1, -0.05) is 11.6 Å². The van der Waals surface area contributed by atoms with E-state index in [1.165, 1.54) is 12.1 Å². The van der Waals surface area contributed by atoms with Crippen LogP contribution < -0.4 is 10.5 Å². The van der Waals surface area contributed by atoms with Crippen LogP contribution >= 0.6 is 11.6 Å². The molecule has 2 aromatic carbocycles. The zero-order chi connectivity index (χ0) is 13.1. The van der Waals surface area contributed by atoms with Crippen LogP contribution in [0.1, 0.15) is 5.56 Å². The summed E-state index contributed by atoms with van der Waals surface area (Å²) in [4.78, 5) is 0. The molecule has 0 unspecified atom stereocenters. The molecular weight excluding hydrogens is 260 g/mol. The predicted octanol–water partition coefficient (Wildman–Crippen LogP) is 3.78. The van der Waals surface area contributed by atoms with E-state index in [-0.39, 0.29) is 6.61 Å². The van der Waals surface area contributed by atoms with Crippen molar-refractivity contribution in [2.45, 2.75) is 6.61 Å². The predicted molar refractivity (Wildman–Crippen MR) is 66.6 cm³/mol. The maximum atomic E-state index is 13.0. The van der Waals surface area contributed by atoms with Crippen molar-refractivity contribution in [1.29, 1.82) is 0 Å². The van der Waals surface area contributed by atoms with Crippen LogP contribution in [0, 0.1) is 11.6 Å². The first-order valence-corrected chi connectivity index (χ1v) is 5.55. The molecule has 2 rings (SSSR count). The lowest BCUT2D eigenvalue weighted by Crippen LogP contribution is -1.99. The minimum atomic E-state index is -0.646. The van der Waals surface area contributed by atoms with Crippen molar-refractivity contribution in [2.24, 2.45) is 0 Å². The number of anilines is 1. The van der Waals surface area contributed by atoms with Crippen LogP contribution in [-0.2, 0) is 6.61 Å². The molecule has 5 heteroatoms. The summed E-state index contributed by atoms with van der Waals surface area (Å²) < 4.78 is 31.3. The van der Waals surface area contributed by atoms with Crippen molar-refractivity contribution in [2.75, 3.05) is 5.73 Å². The van der Waals surface area contributed by atoms with Gasteiger partial charge in [-0.2, -0.15) is 0 Å². The lowest BCUT2D eigenvalue weighted by atomic mass is 10.2. The van der Waals surface area contributed by atoms with Gasteiger partial charge >= 0.3 is 0 Å². The zero-order valence-electron chi connectivity index (χ0n) is 9.29. The monoisotopic (exact) mass is 269 g/mol. The Morgan fingerprint density at radius 1 is 1.06 bits per heavy atom. The van der Waals surface area contributed by atoms with Crippen molar-refractivity contribution in [3.05, 3.63) is 58.6 Å². The molecule has 2 nitrogen and oxygen atoms in total. The number of benzene rings is 2. The van der Waals surface area contributed by atoms with E-state index in [9.17, 15) is 8.78 Å². The van der Waals surface area contributed by atoms with Gasteiger partial charge in [0.2, 0.25) is 0 Å². The van der Waals surface area contributed by atoms with Crippen LogP contribution in [0.25, 0.3) is 0 Å². The fraction of sp³-hybridized carbons (Fsp3) is 0.0769. The molecule has 0 aliphatic carbocycles. The van der Waals surface area contributed by atoms with Gasteiger partial charge in [0.1, 0.15) is 24.0 Å². The largest absolute Gasteiger partial charge is 0.487 e. The number of ether oxygens (including phenoxy) is 1. The molecular formula is C13H10ClF2NO. The van der Waals surface area contributed by atoms with E-state index >= 15 is 0 Å². The van der Waals surface area contributed by atoms with E-state index in [1.807, 2.05) is 0 Å². The summed E-state index contributed by atoms with van der Waals surface area (Å²) in [5, 5.41) is 0.477. The van der Waals surface area contributed by atoms with Crippen molar-refractivity contribution >= 4 is 17.3 Å². The van der Waals surface area contributed by atoms with Crippen molar-refractivity contribution in [3.8, 4) is 5.75 Å². The molecule has 0 aliphatic heterocycles. The molecule has 0 atom stereocenters. The van der Waals surface area contributed by atoms with E-state index in [0.29, 0.717) is 22.0 Å². The highest BCUT2D eigenvalue weighted by Gasteiger charge is 2.04. The van der Waals surface area contributed by atoms with Gasteiger partial charge in [0, 0.05) is 17.2 Å². The van der Waals surface area contributed by atoms with Gasteiger partial charge in [-0.15, -0.1) is 0 Å². The second-order valence-corrected chi connectivity index (χ2v) is 4.18. The smallest absolute Gasteiger partial charge is 0.144 e. The molecule has 2 N–H and O–H groups in total. The van der Waals surface area contributed by atoms with E-state index < -0.39 is 11.6 Å². The van der Waals surface area contributed by atoms with Crippen LogP contribution in [0.3, 0.4) is 0 Å². The van der Waals surface area contributed by atoms with Gasteiger partial charge in [-0.3, -0.25) is 0 Å². The molecule has 0 aliphatic rings. The van der Waals surface area contributed by atoms with Crippen LogP contribution in [0.5, 0.6) is 5.75 Å². The first-order chi connectivity index (χ1) is 8.54. The third kappa shape index (κ3) is 3.11. The van der Waals surface area contributed by atoms with Gasteiger partial charge in [-0.25, -0.2) is 8.78 Å². The van der Waals surface area contributed by atoms with Crippen molar-refractivity contribution < 1.29 is 13.5 Å². The van der Waals surface area contributed by atoms with Gasteiger partial charge in [0.05, 0.1) is 5.69 Å². The fourth-order valence-corrected chi connectivity index (χ4v) is 1.65. The first-order valence-electron chi connectivity index (χ1n) is 5.17. The summed E-state index contributed by atoms with van der Waals surface area (Å²) in [7, 11) is 0. The standard InChI is InChI=1S/C13H10ClF2NO/c14-9-1-2-12(17)13(5-9)18-7-8-3-10(15)6-11(16)4-8/h1-6H,7,17H2. The molecule has 0 heterocycles. The molecule has 0 aromatic heterocycles. The van der Waals surface area contributed by atoms with Gasteiger partial charge in [-0.05, 0) is 29.8 Å². The minimum absolute atomic E-state index is 0.0131. The number of hydrogen-bond acceptors (Lipinski definition) is 2. The second kappa shape index (κ2) is 5.23. The van der Waals surface area contributed by atoms with Crippen LogP contribution in [0.15, 0.2) is 36.4 Å². The van der Waals surface area contributed by atoms with E-state index in [1.54, 1.807) is 18.2 Å². The van der Waals surface area contributed by atoms with Gasteiger partial charge in [0.15, 0.2) is 0 Å². The summed E-state index contributed by atoms with van der Waals surface area (Å²) in [6.45, 7) is 0.0131. The van der Waals surface area contributed by atoms with Crippen LogP contribution in [0.4, 0.5) is 14.5 Å². The molecule has 2 aromatic rings. The SMILES string of the molecule is Nc1ccc(Cl)cc1OCc1cc(F)cc(F)c1. The molecule has 0 fully saturated rings. The molecule has 94 valence electrons. The Morgan fingerprint density at radius 3 is 2.39 bits per heavy atom. The van der Waals surface area contributed by atoms with Crippen molar-refractivity contribution in [1.82, 2.24) is 0 Å². The average Bonchev–Trinajstić information content (AvgIpc) is 2.29. The Labute approximate surface area is 108 Å². The van der Waals surface area contributed by atoms with E-state index in [0.717, 1.165) is 6.07 Å². The average molecular weight is 270 g/mol. The molecule has 0 bridgehead atoms. The van der Waals surface area contributed by atoms with Gasteiger partial charge in [0.25, 0.3) is 0 Å². The van der Waals surface area contributed by atoms with E-state index in [4.69, 9.17) is 22.1 Å². The quantitative estimate of drug-likeness (QED) is 0.861. The summed E-state index contributed by atoms with van der Waals surface area (Å²) in [6.07, 6.45) is 0. The summed E-state index contributed by atoms with van der Waals surface area (Å²) in [6, 6.07) is 7.98. The molecule has 0 saturated heterocycles. The Balaban J connectivity index is 2.13. The summed E-state index contributed by atoms with van der Waals surface area (Å²) in [5.74, 6) is -0.910. The molecule has 0 saturated carbocycles. The lowest BCUT2D eigenvalue weighted by molar-refractivity contribution is 0.306. The Hall–Kier alpha value is -1.81. The van der Waals surface area contributed by atoms with Gasteiger partial charge < -0.3 is 10.5 Å². The zero-order valence-corrected chi connectivity index (χ0v) is 10.0. The van der Waals surface area contributed by atoms with E-state index in [2.05, 4.69) is 0 Å². The molecule has 18 heavy (non-hydrogen) atoms. The summed E-state index contributed by atoms with van der Waals surface area (Å²) in [5.41, 5.74) is 6.48. The minimum Gasteiger partial charge on any atom is -0.487 e. The Kier molecular flexibility index (Phi) is 3.67. The third-order valence-corrected chi connectivity index (χ3v) is 2.53. The highest BCUT2D eigenvalue weighted by Crippen LogP contribution is 2.26. The number of halogens is 3. The first kappa shape index (κ1) is 12.6. The second-order valence-electron chi connectivity index (χ2n) is 3.75. The summed E-state index contributed by atoms with van der Waals surface area (Å²) >= 11 is 5.79. The number of hydrogen-bond donors (Lipinski definition) is 1. The highest BCUT2D eigenvalue weighted by atomic mass is 35.5. The van der Waals surface area contributed by atoms with Crippen molar-refractivity contribution in [3.63, 3.8) is 0 Å². The lowest BCUT2D eigenvalue weighted by Gasteiger charge is -2.09. The maximum Gasteiger partial charge on any atom is 0.144 e. The number of nitrogen functional groups attached to an aromatic ring is 1. The fourth-order valence-electron chi connectivity index (χ4n) is 1.49. The maximum absolute atomic E-state index is 13.0. The topological polar surface area (TPSA) is 35.2 Å². The highest BCUT2D eigenvalue weighted by molar-refractivity contribution is 6.30. The van der Waals surface area contributed by atoms with Crippen LogP contribution in [-0.4, -0.2) is 0 Å². The third-order valence-electron chi connectivity index (χ3n) is 2.29. The Bertz CT molecular complexity index is 555. The normalized spacial score (nSPS) is 10.4. The number of rotatable bonds is 3. The van der Waals surface area contributed by atoms with Crippen LogP contribution in [0.2, 0.25) is 5.02 Å². The molecule has 0 amide bonds.